The molecule has 0 fully saturated rings. The summed E-state index contributed by atoms with van der Waals surface area (Å²) in [6.07, 6.45) is 1.47. The highest BCUT2D eigenvalue weighted by Crippen LogP contribution is 2.54. The summed E-state index contributed by atoms with van der Waals surface area (Å²) < 4.78 is 0. The lowest BCUT2D eigenvalue weighted by Gasteiger charge is -2.04. The molecule has 0 atom stereocenters. The van der Waals surface area contributed by atoms with Crippen molar-refractivity contribution in [1.82, 2.24) is 0 Å². The van der Waals surface area contributed by atoms with Gasteiger partial charge in [0.2, 0.25) is 0 Å². The van der Waals surface area contributed by atoms with Crippen LogP contribution in [0.3, 0.4) is 0 Å². The van der Waals surface area contributed by atoms with Crippen molar-refractivity contribution in [2.24, 2.45) is 0 Å². The van der Waals surface area contributed by atoms with E-state index in [1.807, 2.05) is 0 Å². The molecule has 4 rings (SSSR count). The topological polar surface area (TPSA) is 173 Å². The number of nitro benzene ring substituents is 4. The van der Waals surface area contributed by atoms with Crippen LogP contribution in [0.15, 0.2) is 48.5 Å². The summed E-state index contributed by atoms with van der Waals surface area (Å²) in [5.41, 5.74) is -2.51. The maximum atomic E-state index is 11.8. The average Bonchev–Trinajstić information content (AvgIpc) is 3.07. The third-order valence-electron chi connectivity index (χ3n) is 5.03. The van der Waals surface area contributed by atoms with E-state index in [1.165, 1.54) is 6.08 Å². The second-order valence-corrected chi connectivity index (χ2v) is 7.35. The summed E-state index contributed by atoms with van der Waals surface area (Å²) in [6, 6.07) is 9.80. The lowest BCUT2D eigenvalue weighted by molar-refractivity contribution is -0.395. The molecule has 0 aliphatic heterocycles. The van der Waals surface area contributed by atoms with Crippen molar-refractivity contribution >= 4 is 46.0 Å². The maximum absolute atomic E-state index is 11.8. The highest BCUT2D eigenvalue weighted by molar-refractivity contribution is 6.30. The first-order valence-electron chi connectivity index (χ1n) is 9.00. The van der Waals surface area contributed by atoms with Crippen molar-refractivity contribution in [3.63, 3.8) is 0 Å². The third kappa shape index (κ3) is 3.64. The lowest BCUT2D eigenvalue weighted by atomic mass is 10.00. The Labute approximate surface area is 187 Å². The summed E-state index contributed by atoms with van der Waals surface area (Å²) in [7, 11) is 0. The lowest BCUT2D eigenvalue weighted by Crippen LogP contribution is -1.99. The standard InChI is InChI=1S/C20H9ClN4O8/c21-11-3-1-10(2-4-11)5-14-15-6-12(22(26)27)8-17(24(30)31)19(15)20-16(14)7-13(23(28)29)9-18(20)25(32)33/h1-9H. The van der Waals surface area contributed by atoms with Gasteiger partial charge in [0.15, 0.2) is 0 Å². The molecule has 1 aliphatic carbocycles. The maximum Gasteiger partial charge on any atom is 0.284 e. The second kappa shape index (κ2) is 7.76. The predicted octanol–water partition coefficient (Wildman–Crippen LogP) is 5.54. The van der Waals surface area contributed by atoms with Crippen LogP contribution in [0.5, 0.6) is 0 Å². The number of nitrogens with zero attached hydrogens (tertiary/aromatic N) is 4. The molecule has 0 heterocycles. The minimum absolute atomic E-state index is 0.0237. The Kier molecular flexibility index (Phi) is 5.06. The first-order valence-corrected chi connectivity index (χ1v) is 9.38. The normalized spacial score (nSPS) is 11.5. The van der Waals surface area contributed by atoms with Gasteiger partial charge in [-0.1, -0.05) is 23.7 Å². The fourth-order valence-electron chi connectivity index (χ4n) is 3.70. The zero-order chi connectivity index (χ0) is 24.0. The Morgan fingerprint density at radius 3 is 1.42 bits per heavy atom. The minimum atomic E-state index is -0.883. The number of fused-ring (bicyclic) bond motifs is 3. The molecule has 3 aromatic rings. The van der Waals surface area contributed by atoms with Crippen molar-refractivity contribution in [1.29, 1.82) is 0 Å². The first kappa shape index (κ1) is 21.5. The molecule has 0 radical (unpaired) electrons. The van der Waals surface area contributed by atoms with Gasteiger partial charge in [-0.05, 0) is 29.3 Å². The van der Waals surface area contributed by atoms with Crippen molar-refractivity contribution in [3.8, 4) is 11.1 Å². The van der Waals surface area contributed by atoms with Crippen LogP contribution in [0.4, 0.5) is 22.7 Å². The molecular formula is C20H9ClN4O8. The fourth-order valence-corrected chi connectivity index (χ4v) is 3.83. The molecule has 13 heteroatoms. The summed E-state index contributed by atoms with van der Waals surface area (Å²) >= 11 is 5.89. The molecular weight excluding hydrogens is 460 g/mol. The SMILES string of the molecule is O=[N+]([O-])c1cc2c(c([N+](=O)[O-])c1)-c1c(cc([N+](=O)[O-])cc1[N+](=O)[O-])C2=Cc1ccc(Cl)cc1. The van der Waals surface area contributed by atoms with Gasteiger partial charge in [-0.3, -0.25) is 40.5 Å². The number of nitro groups is 4. The molecule has 164 valence electrons. The monoisotopic (exact) mass is 468 g/mol. The highest BCUT2D eigenvalue weighted by atomic mass is 35.5. The van der Waals surface area contributed by atoms with Crippen LogP contribution >= 0.6 is 11.6 Å². The summed E-state index contributed by atoms with van der Waals surface area (Å²) in [6.45, 7) is 0. The Balaban J connectivity index is 2.18. The van der Waals surface area contributed by atoms with E-state index >= 15 is 0 Å². The Morgan fingerprint density at radius 1 is 0.636 bits per heavy atom. The van der Waals surface area contributed by atoms with Gasteiger partial charge in [-0.25, -0.2) is 0 Å². The minimum Gasteiger partial charge on any atom is -0.258 e. The molecule has 12 nitrogen and oxygen atoms in total. The Morgan fingerprint density at radius 2 is 1.06 bits per heavy atom. The van der Waals surface area contributed by atoms with Crippen molar-refractivity contribution in [3.05, 3.63) is 111 Å². The van der Waals surface area contributed by atoms with Crippen LogP contribution in [0, 0.1) is 40.5 Å². The Hall–Kier alpha value is -4.71. The molecule has 0 aromatic heterocycles. The van der Waals surface area contributed by atoms with E-state index in [2.05, 4.69) is 0 Å². The molecule has 0 saturated carbocycles. The predicted molar refractivity (Wildman–Crippen MR) is 117 cm³/mol. The number of hydrogen-bond acceptors (Lipinski definition) is 8. The van der Waals surface area contributed by atoms with Gasteiger partial charge in [0.25, 0.3) is 22.7 Å². The molecule has 0 amide bonds. The first-order chi connectivity index (χ1) is 15.6. The second-order valence-electron chi connectivity index (χ2n) is 6.91. The average molecular weight is 469 g/mol. The number of benzene rings is 3. The number of rotatable bonds is 5. The van der Waals surface area contributed by atoms with Gasteiger partial charge in [-0.15, -0.1) is 0 Å². The van der Waals surface area contributed by atoms with Crippen LogP contribution in [-0.2, 0) is 0 Å². The van der Waals surface area contributed by atoms with Crippen LogP contribution in [0.1, 0.15) is 16.7 Å². The zero-order valence-electron chi connectivity index (χ0n) is 16.1. The van der Waals surface area contributed by atoms with E-state index in [1.54, 1.807) is 24.3 Å². The van der Waals surface area contributed by atoms with Gasteiger partial charge in [0, 0.05) is 28.3 Å². The quantitative estimate of drug-likeness (QED) is 0.271. The van der Waals surface area contributed by atoms with Gasteiger partial charge in [0.1, 0.15) is 0 Å². The van der Waals surface area contributed by atoms with Crippen molar-refractivity contribution in [2.75, 3.05) is 0 Å². The van der Waals surface area contributed by atoms with Crippen molar-refractivity contribution < 1.29 is 19.7 Å². The van der Waals surface area contributed by atoms with Crippen LogP contribution in [-0.4, -0.2) is 19.7 Å². The van der Waals surface area contributed by atoms with Crippen LogP contribution in [0.2, 0.25) is 5.02 Å². The number of halogens is 1. The molecule has 0 N–H and O–H groups in total. The van der Waals surface area contributed by atoms with E-state index in [0.717, 1.165) is 12.1 Å². The van der Waals surface area contributed by atoms with E-state index in [0.29, 0.717) is 22.7 Å². The molecule has 33 heavy (non-hydrogen) atoms. The summed E-state index contributed by atoms with van der Waals surface area (Å²) in [5.74, 6) is 0. The van der Waals surface area contributed by atoms with E-state index in [9.17, 15) is 40.5 Å². The van der Waals surface area contributed by atoms with Crippen LogP contribution < -0.4 is 0 Å². The largest absolute Gasteiger partial charge is 0.284 e. The van der Waals surface area contributed by atoms with E-state index in [-0.39, 0.29) is 27.8 Å². The van der Waals surface area contributed by atoms with Gasteiger partial charge in [0.05, 0.1) is 43.0 Å². The Bertz CT molecular complexity index is 1350. The van der Waals surface area contributed by atoms with E-state index in [4.69, 9.17) is 11.6 Å². The number of hydrogen-bond donors (Lipinski definition) is 0. The molecule has 0 saturated heterocycles. The molecule has 1 aliphatic rings. The molecule has 3 aromatic carbocycles. The van der Waals surface area contributed by atoms with Gasteiger partial charge >= 0.3 is 0 Å². The summed E-state index contributed by atoms with van der Waals surface area (Å²) in [4.78, 5) is 43.0. The fraction of sp³-hybridized carbons (Fsp3) is 0. The van der Waals surface area contributed by atoms with Gasteiger partial charge < -0.3 is 0 Å². The van der Waals surface area contributed by atoms with Crippen molar-refractivity contribution in [2.45, 2.75) is 0 Å². The van der Waals surface area contributed by atoms with Crippen LogP contribution in [0.25, 0.3) is 22.8 Å². The molecule has 0 unspecified atom stereocenters. The summed E-state index contributed by atoms with van der Waals surface area (Å²) in [5, 5.41) is 46.8. The molecule has 0 bridgehead atoms. The zero-order valence-corrected chi connectivity index (χ0v) is 16.9. The number of non-ortho nitro benzene ring substituents is 2. The smallest absolute Gasteiger partial charge is 0.258 e. The van der Waals surface area contributed by atoms with E-state index < -0.39 is 42.4 Å². The third-order valence-corrected chi connectivity index (χ3v) is 5.28. The highest BCUT2D eigenvalue weighted by Gasteiger charge is 2.40. The molecule has 0 spiro atoms. The van der Waals surface area contributed by atoms with Gasteiger partial charge in [-0.2, -0.15) is 0 Å².